The van der Waals surface area contributed by atoms with Gasteiger partial charge in [0.25, 0.3) is 0 Å². The average molecular weight is 595 g/mol. The first-order valence-electron chi connectivity index (χ1n) is 13.8. The van der Waals surface area contributed by atoms with E-state index < -0.39 is 105 Å². The maximum Gasteiger partial charge on any atom is 0.215 e. The summed E-state index contributed by atoms with van der Waals surface area (Å²) >= 11 is 0. The Morgan fingerprint density at radius 3 is 2.12 bits per heavy atom. The Morgan fingerprint density at radius 1 is 0.829 bits per heavy atom. The third-order valence-corrected chi connectivity index (χ3v) is 8.15. The number of aliphatic hydroxyl groups excluding tert-OH is 5. The van der Waals surface area contributed by atoms with Gasteiger partial charge in [0.2, 0.25) is 6.29 Å². The van der Waals surface area contributed by atoms with Crippen molar-refractivity contribution in [3.05, 3.63) is 11.8 Å². The Labute approximate surface area is 237 Å². The summed E-state index contributed by atoms with van der Waals surface area (Å²) in [6.45, 7) is -0.565. The van der Waals surface area contributed by atoms with Gasteiger partial charge in [-0.1, -0.05) is 0 Å². The van der Waals surface area contributed by atoms with Crippen molar-refractivity contribution in [1.29, 1.82) is 0 Å². The molecule has 4 aliphatic rings. The van der Waals surface area contributed by atoms with E-state index in [2.05, 4.69) is 5.32 Å². The van der Waals surface area contributed by atoms with Crippen LogP contribution in [0, 0.1) is 0 Å². The molecular weight excluding hydrogens is 548 g/mol. The number of hydrogen-bond donors (Lipinski definition) is 11. The van der Waals surface area contributed by atoms with Crippen LogP contribution >= 0.6 is 0 Å². The van der Waals surface area contributed by atoms with Crippen LogP contribution in [0.3, 0.4) is 0 Å². The Kier molecular flexibility index (Phi) is 11.3. The molecule has 1 saturated carbocycles. The second kappa shape index (κ2) is 14.1. The fourth-order valence-corrected chi connectivity index (χ4v) is 5.65. The van der Waals surface area contributed by atoms with Crippen LogP contribution in [0.5, 0.6) is 0 Å². The minimum absolute atomic E-state index is 0.130. The average Bonchev–Trinajstić information content (AvgIpc) is 3.26. The summed E-state index contributed by atoms with van der Waals surface area (Å²) in [5.41, 5.74) is 30.0. The first-order chi connectivity index (χ1) is 19.5. The molecule has 0 aromatic heterocycles. The fraction of sp³-hybridized carbons (Fsp3) is 0.917. The lowest BCUT2D eigenvalue weighted by Gasteiger charge is -2.46. The third kappa shape index (κ3) is 6.86. The molecule has 0 amide bonds. The minimum Gasteiger partial charge on any atom is -0.467 e. The molecule has 17 nitrogen and oxygen atoms in total. The first kappa shape index (κ1) is 32.8. The summed E-state index contributed by atoms with van der Waals surface area (Å²) in [5, 5.41) is 55.8. The number of nitrogens with one attached hydrogen (secondary N) is 1. The molecule has 3 aliphatic heterocycles. The van der Waals surface area contributed by atoms with E-state index in [1.807, 2.05) is 0 Å². The summed E-state index contributed by atoms with van der Waals surface area (Å²) in [5.74, 6) is 0.505. The molecule has 0 spiro atoms. The van der Waals surface area contributed by atoms with Crippen molar-refractivity contribution in [1.82, 2.24) is 5.32 Å². The zero-order valence-electron chi connectivity index (χ0n) is 22.9. The van der Waals surface area contributed by atoms with Crippen LogP contribution in [-0.2, 0) is 28.4 Å². The van der Waals surface area contributed by atoms with Gasteiger partial charge in [0, 0.05) is 18.6 Å². The van der Waals surface area contributed by atoms with E-state index >= 15 is 0 Å². The van der Waals surface area contributed by atoms with Crippen LogP contribution in [0.25, 0.3) is 0 Å². The van der Waals surface area contributed by atoms with Crippen molar-refractivity contribution in [2.45, 2.75) is 111 Å². The van der Waals surface area contributed by atoms with Gasteiger partial charge < -0.3 is 87.9 Å². The first-order valence-corrected chi connectivity index (χ1v) is 13.8. The van der Waals surface area contributed by atoms with Crippen LogP contribution in [0.15, 0.2) is 11.8 Å². The van der Waals surface area contributed by atoms with Crippen molar-refractivity contribution in [3.8, 4) is 0 Å². The molecule has 0 bridgehead atoms. The van der Waals surface area contributed by atoms with Gasteiger partial charge in [-0.15, -0.1) is 0 Å². The van der Waals surface area contributed by atoms with Gasteiger partial charge in [-0.05, 0) is 26.0 Å². The SMILES string of the molecule is CNC1C[C@H](N)[C@@H](O[C@H]2OC(CN)=CC[C@H]2N)[C@H](O[C@@H]2O[C@H](CO)[C@@H](O[C@H]3O[C@@H](CN)[C@@H](O)[C@@H](O)[C@H]3N)[C@H]2O)[C@H]1O. The third-order valence-electron chi connectivity index (χ3n) is 8.15. The molecule has 2 saturated heterocycles. The molecule has 17 heteroatoms. The highest BCUT2D eigenvalue weighted by molar-refractivity contribution is 5.04. The maximum atomic E-state index is 11.2. The topological polar surface area (TPSA) is 299 Å². The number of ether oxygens (including phenoxy) is 6. The number of likely N-dealkylation sites (N-methyl/N-ethyl adjacent to an activating group) is 1. The Hall–Kier alpha value is -1.10. The summed E-state index contributed by atoms with van der Waals surface area (Å²) < 4.78 is 35.3. The van der Waals surface area contributed by atoms with Crippen LogP contribution in [-0.4, -0.2) is 150 Å². The van der Waals surface area contributed by atoms with Crippen LogP contribution in [0.1, 0.15) is 12.8 Å². The molecule has 16 atom stereocenters. The second-order valence-corrected chi connectivity index (χ2v) is 10.9. The van der Waals surface area contributed by atoms with Gasteiger partial charge in [0.1, 0.15) is 54.6 Å². The largest absolute Gasteiger partial charge is 0.467 e. The quantitative estimate of drug-likeness (QED) is 0.112. The maximum absolute atomic E-state index is 11.2. The van der Waals surface area contributed by atoms with E-state index in [1.165, 1.54) is 0 Å². The summed E-state index contributed by atoms with van der Waals surface area (Å²) in [6.07, 6.45) is -11.9. The number of rotatable bonds is 10. The molecule has 4 rings (SSSR count). The van der Waals surface area contributed by atoms with Crippen molar-refractivity contribution < 1.29 is 54.0 Å². The van der Waals surface area contributed by atoms with Crippen molar-refractivity contribution in [2.24, 2.45) is 28.7 Å². The molecule has 0 aromatic rings. The van der Waals surface area contributed by atoms with E-state index in [4.69, 9.17) is 57.1 Å². The zero-order chi connectivity index (χ0) is 30.0. The number of nitrogens with two attached hydrogens (primary N) is 5. The normalized spacial score (nSPS) is 49.0. The lowest BCUT2D eigenvalue weighted by atomic mass is 9.84. The van der Waals surface area contributed by atoms with Crippen LogP contribution < -0.4 is 34.0 Å². The molecule has 0 aromatic carbocycles. The molecular formula is C24H46N6O11. The second-order valence-electron chi connectivity index (χ2n) is 10.9. The highest BCUT2D eigenvalue weighted by atomic mass is 16.8. The standard InChI is InChI=1S/C24H46N6O11/c1-30-11-4-10(28)19(39-22-9(27)3-2-8(5-25)36-22)21(15(11)32)41-24-18(35)20(13(7-31)38-24)40-23-14(29)17(34)16(33)12(6-26)37-23/h2,9-24,30-35H,3-7,25-29H2,1H3/t9-,10+,11?,12+,13-,14-,15+,16-,17+,18-,19-,20-,21-,22-,23-,24+/m1/s1. The summed E-state index contributed by atoms with van der Waals surface area (Å²) in [4.78, 5) is 0. The highest BCUT2D eigenvalue weighted by Gasteiger charge is 2.53. The van der Waals surface area contributed by atoms with Gasteiger partial charge in [-0.25, -0.2) is 0 Å². The molecule has 1 aliphatic carbocycles. The van der Waals surface area contributed by atoms with Crippen molar-refractivity contribution in [2.75, 3.05) is 26.7 Å². The van der Waals surface area contributed by atoms with E-state index in [0.717, 1.165) is 0 Å². The van der Waals surface area contributed by atoms with Crippen molar-refractivity contribution >= 4 is 0 Å². The summed E-state index contributed by atoms with van der Waals surface area (Å²) in [7, 11) is 1.66. The van der Waals surface area contributed by atoms with Gasteiger partial charge in [0.05, 0.1) is 31.3 Å². The molecule has 3 fully saturated rings. The molecule has 238 valence electrons. The minimum atomic E-state index is -1.51. The summed E-state index contributed by atoms with van der Waals surface area (Å²) in [6, 6.07) is -2.85. The monoisotopic (exact) mass is 594 g/mol. The predicted molar refractivity (Wildman–Crippen MR) is 140 cm³/mol. The Morgan fingerprint density at radius 2 is 1.49 bits per heavy atom. The molecule has 16 N–H and O–H groups in total. The van der Waals surface area contributed by atoms with Crippen molar-refractivity contribution in [3.63, 3.8) is 0 Å². The van der Waals surface area contributed by atoms with Gasteiger partial charge in [-0.2, -0.15) is 0 Å². The van der Waals surface area contributed by atoms with E-state index in [9.17, 15) is 25.5 Å². The van der Waals surface area contributed by atoms with E-state index in [1.54, 1.807) is 13.1 Å². The van der Waals surface area contributed by atoms with E-state index in [-0.39, 0.29) is 13.1 Å². The fourth-order valence-electron chi connectivity index (χ4n) is 5.65. The smallest absolute Gasteiger partial charge is 0.215 e. The molecule has 1 unspecified atom stereocenters. The lowest BCUT2D eigenvalue weighted by molar-refractivity contribution is -0.282. The van der Waals surface area contributed by atoms with Crippen LogP contribution in [0.4, 0.5) is 0 Å². The lowest BCUT2D eigenvalue weighted by Crippen LogP contribution is -2.65. The Balaban J connectivity index is 1.50. The van der Waals surface area contributed by atoms with Gasteiger partial charge in [0.15, 0.2) is 12.6 Å². The zero-order valence-corrected chi connectivity index (χ0v) is 22.9. The predicted octanol–water partition coefficient (Wildman–Crippen LogP) is -6.45. The molecule has 41 heavy (non-hydrogen) atoms. The molecule has 3 heterocycles. The number of aliphatic hydroxyl groups is 5. The van der Waals surface area contributed by atoms with Crippen LogP contribution in [0.2, 0.25) is 0 Å². The molecule has 0 radical (unpaired) electrons. The number of hydrogen-bond acceptors (Lipinski definition) is 17. The highest BCUT2D eigenvalue weighted by Crippen LogP contribution is 2.34. The van der Waals surface area contributed by atoms with E-state index in [0.29, 0.717) is 18.6 Å². The van der Waals surface area contributed by atoms with Gasteiger partial charge in [-0.3, -0.25) is 0 Å². The van der Waals surface area contributed by atoms with Gasteiger partial charge >= 0.3 is 0 Å². The Bertz CT molecular complexity index is 876.